The van der Waals surface area contributed by atoms with Crippen LogP contribution < -0.4 is 16.4 Å². The zero-order chi connectivity index (χ0) is 18.1. The van der Waals surface area contributed by atoms with Gasteiger partial charge in [-0.25, -0.2) is 4.99 Å². The average Bonchev–Trinajstić information content (AvgIpc) is 2.88. The fourth-order valence-corrected chi connectivity index (χ4v) is 3.05. The van der Waals surface area contributed by atoms with Crippen LogP contribution in [-0.4, -0.2) is 17.9 Å². The van der Waals surface area contributed by atoms with E-state index in [-0.39, 0.29) is 11.8 Å². The summed E-state index contributed by atoms with van der Waals surface area (Å²) in [5.74, 6) is 0.583. The second-order valence-electron chi connectivity index (χ2n) is 7.03. The Labute approximate surface area is 151 Å². The van der Waals surface area contributed by atoms with Crippen molar-refractivity contribution >= 4 is 17.6 Å². The highest BCUT2D eigenvalue weighted by atomic mass is 16.1. The van der Waals surface area contributed by atoms with E-state index in [1.54, 1.807) is 0 Å². The first-order valence-corrected chi connectivity index (χ1v) is 9.54. The topological polar surface area (TPSA) is 79.5 Å². The highest BCUT2D eigenvalue weighted by molar-refractivity contribution is 5.92. The molecule has 0 aliphatic heterocycles. The molecule has 0 spiro atoms. The number of nitrogens with one attached hydrogen (secondary N) is 2. The van der Waals surface area contributed by atoms with Crippen molar-refractivity contribution in [3.63, 3.8) is 0 Å². The van der Waals surface area contributed by atoms with Crippen LogP contribution in [0.2, 0.25) is 0 Å². The lowest BCUT2D eigenvalue weighted by Crippen LogP contribution is -2.39. The molecule has 5 nitrogen and oxygen atoms in total. The number of rotatable bonds is 6. The number of hydrogen-bond acceptors (Lipinski definition) is 2. The van der Waals surface area contributed by atoms with E-state index in [0.29, 0.717) is 18.5 Å². The molecule has 1 fully saturated rings. The Morgan fingerprint density at radius 1 is 1.28 bits per heavy atom. The summed E-state index contributed by atoms with van der Waals surface area (Å²) in [6.45, 7) is 4.46. The normalized spacial score (nSPS) is 17.6. The van der Waals surface area contributed by atoms with Gasteiger partial charge in [-0.2, -0.15) is 0 Å². The Morgan fingerprint density at radius 3 is 2.68 bits per heavy atom. The Balaban J connectivity index is 1.88. The molecule has 0 radical (unpaired) electrons. The Morgan fingerprint density at radius 2 is 2.00 bits per heavy atom. The minimum absolute atomic E-state index is 0.0149. The van der Waals surface area contributed by atoms with Crippen molar-refractivity contribution in [1.29, 1.82) is 0 Å². The molecule has 25 heavy (non-hydrogen) atoms. The number of aliphatic imine (C=N–C) groups is 1. The molecule has 2 rings (SSSR count). The van der Waals surface area contributed by atoms with E-state index in [9.17, 15) is 4.79 Å². The van der Waals surface area contributed by atoms with E-state index in [1.165, 1.54) is 38.5 Å². The van der Waals surface area contributed by atoms with Gasteiger partial charge in [-0.3, -0.25) is 4.79 Å². The zero-order valence-corrected chi connectivity index (χ0v) is 15.6. The van der Waals surface area contributed by atoms with E-state index >= 15 is 0 Å². The summed E-state index contributed by atoms with van der Waals surface area (Å²) in [4.78, 5) is 16.5. The summed E-state index contributed by atoms with van der Waals surface area (Å²) in [7, 11) is 0. The SMILES string of the molecule is CCC(C)C(=O)Nc1cccc(CN=C(N)NC2CCCCCC2)c1. The minimum Gasteiger partial charge on any atom is -0.370 e. The predicted molar refractivity (Wildman–Crippen MR) is 104 cm³/mol. The van der Waals surface area contributed by atoms with Crippen LogP contribution in [-0.2, 0) is 11.3 Å². The van der Waals surface area contributed by atoms with Gasteiger partial charge >= 0.3 is 0 Å². The number of carbonyl (C=O) groups is 1. The zero-order valence-electron chi connectivity index (χ0n) is 15.6. The number of benzene rings is 1. The van der Waals surface area contributed by atoms with E-state index < -0.39 is 0 Å². The van der Waals surface area contributed by atoms with Crippen LogP contribution in [0.1, 0.15) is 64.4 Å². The van der Waals surface area contributed by atoms with Crippen molar-refractivity contribution in [2.24, 2.45) is 16.6 Å². The summed E-state index contributed by atoms with van der Waals surface area (Å²) in [6.07, 6.45) is 8.36. The predicted octanol–water partition coefficient (Wildman–Crippen LogP) is 3.80. The van der Waals surface area contributed by atoms with Crippen molar-refractivity contribution < 1.29 is 4.79 Å². The molecule has 1 aliphatic carbocycles. The van der Waals surface area contributed by atoms with Gasteiger partial charge in [0.2, 0.25) is 5.91 Å². The van der Waals surface area contributed by atoms with E-state index in [2.05, 4.69) is 15.6 Å². The van der Waals surface area contributed by atoms with Crippen molar-refractivity contribution in [2.45, 2.75) is 71.4 Å². The van der Waals surface area contributed by atoms with Gasteiger partial charge in [0, 0.05) is 17.6 Å². The van der Waals surface area contributed by atoms with Gasteiger partial charge in [-0.15, -0.1) is 0 Å². The summed E-state index contributed by atoms with van der Waals surface area (Å²) < 4.78 is 0. The molecule has 5 heteroatoms. The maximum atomic E-state index is 12.0. The lowest BCUT2D eigenvalue weighted by atomic mass is 10.1. The minimum atomic E-state index is 0.0149. The number of guanidine groups is 1. The molecule has 4 N–H and O–H groups in total. The maximum Gasteiger partial charge on any atom is 0.227 e. The average molecular weight is 345 g/mol. The summed E-state index contributed by atoms with van der Waals surface area (Å²) in [5.41, 5.74) is 7.90. The van der Waals surface area contributed by atoms with E-state index in [0.717, 1.165) is 17.7 Å². The molecule has 1 saturated carbocycles. The van der Waals surface area contributed by atoms with Crippen LogP contribution in [0.15, 0.2) is 29.3 Å². The number of amides is 1. The van der Waals surface area contributed by atoms with Crippen molar-refractivity contribution in [3.8, 4) is 0 Å². The summed E-state index contributed by atoms with van der Waals surface area (Å²) >= 11 is 0. The second-order valence-corrected chi connectivity index (χ2v) is 7.03. The van der Waals surface area contributed by atoms with Crippen LogP contribution in [0.4, 0.5) is 5.69 Å². The number of carbonyl (C=O) groups excluding carboxylic acids is 1. The molecule has 138 valence electrons. The summed E-state index contributed by atoms with van der Waals surface area (Å²) in [6, 6.07) is 8.25. The van der Waals surface area contributed by atoms with Gasteiger partial charge in [0.25, 0.3) is 0 Å². The highest BCUT2D eigenvalue weighted by Crippen LogP contribution is 2.17. The molecule has 0 bridgehead atoms. The smallest absolute Gasteiger partial charge is 0.227 e. The fraction of sp³-hybridized carbons (Fsp3) is 0.600. The van der Waals surface area contributed by atoms with Crippen LogP contribution in [0.25, 0.3) is 0 Å². The van der Waals surface area contributed by atoms with Crippen LogP contribution in [0.5, 0.6) is 0 Å². The van der Waals surface area contributed by atoms with Gasteiger partial charge in [0.05, 0.1) is 6.54 Å². The van der Waals surface area contributed by atoms with Crippen LogP contribution in [0, 0.1) is 5.92 Å². The molecule has 0 saturated heterocycles. The van der Waals surface area contributed by atoms with Gasteiger partial charge in [-0.1, -0.05) is 51.7 Å². The maximum absolute atomic E-state index is 12.0. The largest absolute Gasteiger partial charge is 0.370 e. The van der Waals surface area contributed by atoms with Gasteiger partial charge in [0.1, 0.15) is 0 Å². The first kappa shape index (κ1) is 19.3. The Hall–Kier alpha value is -2.04. The van der Waals surface area contributed by atoms with E-state index in [4.69, 9.17) is 5.73 Å². The number of anilines is 1. The molecular weight excluding hydrogens is 312 g/mol. The number of nitrogens with zero attached hydrogens (tertiary/aromatic N) is 1. The lowest BCUT2D eigenvalue weighted by molar-refractivity contribution is -0.119. The lowest BCUT2D eigenvalue weighted by Gasteiger charge is -2.16. The van der Waals surface area contributed by atoms with Gasteiger partial charge in [0.15, 0.2) is 5.96 Å². The van der Waals surface area contributed by atoms with Crippen LogP contribution in [0.3, 0.4) is 0 Å². The monoisotopic (exact) mass is 344 g/mol. The van der Waals surface area contributed by atoms with E-state index in [1.807, 2.05) is 38.1 Å². The Bertz CT molecular complexity index is 577. The third-order valence-electron chi connectivity index (χ3n) is 4.89. The molecule has 1 atom stereocenters. The molecule has 1 unspecified atom stereocenters. The molecular formula is C20H32N4O. The second kappa shape index (κ2) is 10.1. The fourth-order valence-electron chi connectivity index (χ4n) is 3.05. The quantitative estimate of drug-likeness (QED) is 0.417. The molecule has 1 aliphatic rings. The molecule has 0 heterocycles. The van der Waals surface area contributed by atoms with Crippen LogP contribution >= 0.6 is 0 Å². The highest BCUT2D eigenvalue weighted by Gasteiger charge is 2.12. The molecule has 1 aromatic carbocycles. The third kappa shape index (κ3) is 6.77. The molecule has 1 aromatic rings. The summed E-state index contributed by atoms with van der Waals surface area (Å²) in [5, 5.41) is 6.32. The Kier molecular flexibility index (Phi) is 7.76. The van der Waals surface area contributed by atoms with Gasteiger partial charge in [-0.05, 0) is 37.0 Å². The first-order chi connectivity index (χ1) is 12.1. The van der Waals surface area contributed by atoms with Crippen molar-refractivity contribution in [3.05, 3.63) is 29.8 Å². The molecule has 0 aromatic heterocycles. The number of hydrogen-bond donors (Lipinski definition) is 3. The standard InChI is InChI=1S/C20H32N4O/c1-3-15(2)19(25)23-18-12-8-9-16(13-18)14-22-20(21)24-17-10-6-4-5-7-11-17/h8-9,12-13,15,17H,3-7,10-11,14H2,1-2H3,(H,23,25)(H3,21,22,24). The van der Waals surface area contributed by atoms with Gasteiger partial charge < -0.3 is 16.4 Å². The van der Waals surface area contributed by atoms with Crippen molar-refractivity contribution in [1.82, 2.24) is 5.32 Å². The van der Waals surface area contributed by atoms with Crippen molar-refractivity contribution in [2.75, 3.05) is 5.32 Å². The number of nitrogens with two attached hydrogens (primary N) is 1. The molecule has 1 amide bonds. The first-order valence-electron chi connectivity index (χ1n) is 9.54. The third-order valence-corrected chi connectivity index (χ3v) is 4.89.